The maximum atomic E-state index is 11.5. The average Bonchev–Trinajstić information content (AvgIpc) is 2.40. The summed E-state index contributed by atoms with van der Waals surface area (Å²) >= 11 is 2.17. The molecule has 0 amide bonds. The fourth-order valence-electron chi connectivity index (χ4n) is 1.47. The lowest BCUT2D eigenvalue weighted by Gasteiger charge is -2.09. The van der Waals surface area contributed by atoms with Crippen molar-refractivity contribution < 1.29 is 14.3 Å². The van der Waals surface area contributed by atoms with Crippen molar-refractivity contribution in [3.05, 3.63) is 45.7 Å². The molecular formula is C13H11IN2O3. The monoisotopic (exact) mass is 370 g/mol. The van der Waals surface area contributed by atoms with Crippen LogP contribution in [0.1, 0.15) is 10.4 Å². The Kier molecular flexibility index (Phi) is 4.20. The highest BCUT2D eigenvalue weighted by atomic mass is 127. The van der Waals surface area contributed by atoms with Crippen molar-refractivity contribution in [1.29, 1.82) is 0 Å². The van der Waals surface area contributed by atoms with Gasteiger partial charge in [0.05, 0.1) is 12.7 Å². The van der Waals surface area contributed by atoms with Gasteiger partial charge in [0.15, 0.2) is 0 Å². The minimum Gasteiger partial charge on any atom is -0.465 e. The molecule has 2 N–H and O–H groups in total. The van der Waals surface area contributed by atoms with Crippen LogP contribution in [0.5, 0.6) is 11.6 Å². The summed E-state index contributed by atoms with van der Waals surface area (Å²) in [5, 5.41) is 0. The van der Waals surface area contributed by atoms with Gasteiger partial charge in [-0.15, -0.1) is 0 Å². The number of nitrogen functional groups attached to an aromatic ring is 1. The molecule has 0 fully saturated rings. The number of halogens is 1. The van der Waals surface area contributed by atoms with Crippen LogP contribution in [-0.2, 0) is 4.74 Å². The highest BCUT2D eigenvalue weighted by Gasteiger charge is 2.15. The number of carbonyl (C=O) groups excluding carboxylic acids is 1. The van der Waals surface area contributed by atoms with E-state index in [1.165, 1.54) is 19.4 Å². The fourth-order valence-corrected chi connectivity index (χ4v) is 1.98. The highest BCUT2D eigenvalue weighted by molar-refractivity contribution is 14.1. The minimum atomic E-state index is -0.521. The number of nitrogens with zero attached hydrogens (tertiary/aromatic N) is 1. The van der Waals surface area contributed by atoms with Gasteiger partial charge in [-0.2, -0.15) is 0 Å². The van der Waals surface area contributed by atoms with E-state index in [0.29, 0.717) is 5.75 Å². The van der Waals surface area contributed by atoms with Crippen molar-refractivity contribution in [2.45, 2.75) is 0 Å². The topological polar surface area (TPSA) is 74.4 Å². The molecule has 1 aromatic heterocycles. The molecule has 0 aliphatic heterocycles. The molecule has 0 radical (unpaired) electrons. The van der Waals surface area contributed by atoms with Crippen LogP contribution in [0, 0.1) is 3.57 Å². The second kappa shape index (κ2) is 5.87. The highest BCUT2D eigenvalue weighted by Crippen LogP contribution is 2.28. The van der Waals surface area contributed by atoms with E-state index in [1.54, 1.807) is 6.07 Å². The standard InChI is InChI=1S/C13H11IN2O3/c1-18-13(17)10-5-6-16-12(11(10)15)19-9-4-2-3-8(14)7-9/h2-7H,15H2,1H3. The second-order valence-corrected chi connectivity index (χ2v) is 4.87. The van der Waals surface area contributed by atoms with Gasteiger partial charge in [0, 0.05) is 9.77 Å². The molecule has 19 heavy (non-hydrogen) atoms. The molecule has 0 saturated heterocycles. The average molecular weight is 370 g/mol. The fraction of sp³-hybridized carbons (Fsp3) is 0.0769. The molecule has 0 saturated carbocycles. The Bertz CT molecular complexity index is 617. The summed E-state index contributed by atoms with van der Waals surface area (Å²) in [6, 6.07) is 8.91. The van der Waals surface area contributed by atoms with Crippen LogP contribution in [0.25, 0.3) is 0 Å². The molecule has 5 nitrogen and oxygen atoms in total. The van der Waals surface area contributed by atoms with E-state index < -0.39 is 5.97 Å². The minimum absolute atomic E-state index is 0.160. The van der Waals surface area contributed by atoms with E-state index in [4.69, 9.17) is 10.5 Å². The number of hydrogen-bond acceptors (Lipinski definition) is 5. The molecule has 2 rings (SSSR count). The van der Waals surface area contributed by atoms with Gasteiger partial charge in [0.2, 0.25) is 5.88 Å². The summed E-state index contributed by atoms with van der Waals surface area (Å²) in [7, 11) is 1.29. The van der Waals surface area contributed by atoms with E-state index in [1.807, 2.05) is 18.2 Å². The van der Waals surface area contributed by atoms with Crippen LogP contribution < -0.4 is 10.5 Å². The van der Waals surface area contributed by atoms with Gasteiger partial charge in [0.25, 0.3) is 0 Å². The van der Waals surface area contributed by atoms with Crippen LogP contribution in [0.4, 0.5) is 5.69 Å². The van der Waals surface area contributed by atoms with Gasteiger partial charge in [-0.05, 0) is 46.9 Å². The predicted molar refractivity (Wildman–Crippen MR) is 79.2 cm³/mol. The molecule has 0 unspecified atom stereocenters. The molecule has 0 aliphatic rings. The molecule has 0 bridgehead atoms. The summed E-state index contributed by atoms with van der Waals surface area (Å²) < 4.78 is 11.2. The van der Waals surface area contributed by atoms with E-state index >= 15 is 0 Å². The third-order valence-corrected chi connectivity index (χ3v) is 3.04. The summed E-state index contributed by atoms with van der Waals surface area (Å²) in [4.78, 5) is 15.5. The van der Waals surface area contributed by atoms with E-state index in [2.05, 4.69) is 32.3 Å². The number of methoxy groups -OCH3 is 1. The zero-order valence-corrected chi connectivity index (χ0v) is 12.2. The zero-order chi connectivity index (χ0) is 13.8. The number of hydrogen-bond donors (Lipinski definition) is 1. The van der Waals surface area contributed by atoms with Crippen molar-refractivity contribution in [3.8, 4) is 11.6 Å². The number of carbonyl (C=O) groups is 1. The molecule has 0 aliphatic carbocycles. The first-order chi connectivity index (χ1) is 9.11. The predicted octanol–water partition coefficient (Wildman–Crippen LogP) is 2.85. The third-order valence-electron chi connectivity index (χ3n) is 2.37. The smallest absolute Gasteiger partial charge is 0.340 e. The maximum absolute atomic E-state index is 11.5. The van der Waals surface area contributed by atoms with Crippen molar-refractivity contribution in [1.82, 2.24) is 4.98 Å². The Labute approximate surface area is 123 Å². The Morgan fingerprint density at radius 3 is 2.84 bits per heavy atom. The number of anilines is 1. The van der Waals surface area contributed by atoms with Crippen LogP contribution in [-0.4, -0.2) is 18.1 Å². The quantitative estimate of drug-likeness (QED) is 0.665. The van der Waals surface area contributed by atoms with Gasteiger partial charge in [-0.1, -0.05) is 6.07 Å². The molecule has 1 aromatic carbocycles. The number of rotatable bonds is 3. The Balaban J connectivity index is 2.33. The molecule has 6 heteroatoms. The van der Waals surface area contributed by atoms with Crippen molar-refractivity contribution in [3.63, 3.8) is 0 Å². The molecule has 0 atom stereocenters. The molecular weight excluding hydrogens is 359 g/mol. The molecule has 0 spiro atoms. The van der Waals surface area contributed by atoms with Crippen LogP contribution >= 0.6 is 22.6 Å². The Hall–Kier alpha value is -1.83. The number of nitrogens with two attached hydrogens (primary N) is 1. The Morgan fingerprint density at radius 1 is 1.37 bits per heavy atom. The number of benzene rings is 1. The number of esters is 1. The third kappa shape index (κ3) is 3.14. The van der Waals surface area contributed by atoms with Crippen LogP contribution in [0.2, 0.25) is 0 Å². The first-order valence-electron chi connectivity index (χ1n) is 5.38. The first kappa shape index (κ1) is 13.6. The van der Waals surface area contributed by atoms with Crippen molar-refractivity contribution in [2.24, 2.45) is 0 Å². The van der Waals surface area contributed by atoms with E-state index in [9.17, 15) is 4.79 Å². The second-order valence-electron chi connectivity index (χ2n) is 3.63. The van der Waals surface area contributed by atoms with Gasteiger partial charge in [-0.25, -0.2) is 9.78 Å². The summed E-state index contributed by atoms with van der Waals surface area (Å²) in [5.41, 5.74) is 6.25. The molecule has 2 aromatic rings. The van der Waals surface area contributed by atoms with E-state index in [-0.39, 0.29) is 17.1 Å². The lowest BCUT2D eigenvalue weighted by Crippen LogP contribution is -2.07. The van der Waals surface area contributed by atoms with Gasteiger partial charge in [-0.3, -0.25) is 0 Å². The first-order valence-corrected chi connectivity index (χ1v) is 6.46. The van der Waals surface area contributed by atoms with Crippen molar-refractivity contribution in [2.75, 3.05) is 12.8 Å². The largest absolute Gasteiger partial charge is 0.465 e. The van der Waals surface area contributed by atoms with Gasteiger partial charge >= 0.3 is 5.97 Å². The summed E-state index contributed by atoms with van der Waals surface area (Å²) in [6.45, 7) is 0. The molecule has 98 valence electrons. The molecule has 1 heterocycles. The van der Waals surface area contributed by atoms with E-state index in [0.717, 1.165) is 3.57 Å². The normalized spacial score (nSPS) is 10.0. The van der Waals surface area contributed by atoms with Crippen LogP contribution in [0.15, 0.2) is 36.5 Å². The lowest BCUT2D eigenvalue weighted by molar-refractivity contribution is 0.0601. The number of pyridine rings is 1. The number of aromatic nitrogens is 1. The Morgan fingerprint density at radius 2 is 2.16 bits per heavy atom. The van der Waals surface area contributed by atoms with Gasteiger partial charge in [0.1, 0.15) is 11.4 Å². The number of ether oxygens (including phenoxy) is 2. The SMILES string of the molecule is COC(=O)c1ccnc(Oc2cccc(I)c2)c1N. The summed E-state index contributed by atoms with van der Waals surface area (Å²) in [6.07, 6.45) is 1.45. The zero-order valence-electron chi connectivity index (χ0n) is 10.1. The van der Waals surface area contributed by atoms with Crippen LogP contribution in [0.3, 0.4) is 0 Å². The lowest BCUT2D eigenvalue weighted by atomic mass is 10.2. The maximum Gasteiger partial charge on any atom is 0.340 e. The van der Waals surface area contributed by atoms with Gasteiger partial charge < -0.3 is 15.2 Å². The van der Waals surface area contributed by atoms with Crippen molar-refractivity contribution >= 4 is 34.2 Å². The summed E-state index contributed by atoms with van der Waals surface area (Å²) in [5.74, 6) is 0.269.